The Morgan fingerprint density at radius 2 is 2.29 bits per heavy atom. The van der Waals surface area contributed by atoms with Gasteiger partial charge >= 0.3 is 0 Å². The van der Waals surface area contributed by atoms with Crippen LogP contribution in [0.4, 0.5) is 0 Å². The van der Waals surface area contributed by atoms with Gasteiger partial charge in [0.1, 0.15) is 0 Å². The molecule has 1 aromatic heterocycles. The molecule has 0 amide bonds. The lowest BCUT2D eigenvalue weighted by Crippen LogP contribution is -2.56. The Morgan fingerprint density at radius 1 is 1.43 bits per heavy atom. The van der Waals surface area contributed by atoms with E-state index in [2.05, 4.69) is 35.5 Å². The molecule has 1 atom stereocenters. The summed E-state index contributed by atoms with van der Waals surface area (Å²) in [5.41, 5.74) is 1.27. The Balaban J connectivity index is 2.12. The summed E-state index contributed by atoms with van der Waals surface area (Å²) in [6.45, 7) is 6.38. The number of aromatic nitrogens is 1. The molecule has 3 nitrogen and oxygen atoms in total. The van der Waals surface area contributed by atoms with Crippen molar-refractivity contribution in [2.24, 2.45) is 0 Å². The molecule has 0 radical (unpaired) electrons. The number of nitrogens with zero attached hydrogens (tertiary/aromatic N) is 1. The van der Waals surface area contributed by atoms with Gasteiger partial charge in [0.25, 0.3) is 0 Å². The predicted molar refractivity (Wildman–Crippen MR) is 57.1 cm³/mol. The average molecular weight is 191 g/mol. The molecule has 0 aliphatic carbocycles. The Hall–Kier alpha value is -0.930. The molecule has 1 unspecified atom stereocenters. The molecule has 1 aliphatic rings. The first kappa shape index (κ1) is 9.62. The first-order valence-corrected chi connectivity index (χ1v) is 5.07. The van der Waals surface area contributed by atoms with Crippen LogP contribution in [0.2, 0.25) is 0 Å². The molecule has 0 bridgehead atoms. The summed E-state index contributed by atoms with van der Waals surface area (Å²) < 4.78 is 0. The van der Waals surface area contributed by atoms with Crippen molar-refractivity contribution in [3.63, 3.8) is 0 Å². The first-order valence-electron chi connectivity index (χ1n) is 5.07. The maximum atomic E-state index is 4.37. The van der Waals surface area contributed by atoms with Crippen LogP contribution in [0.15, 0.2) is 24.4 Å². The largest absolute Gasteiger partial charge is 0.313 e. The van der Waals surface area contributed by atoms with Crippen molar-refractivity contribution < 1.29 is 0 Å². The third kappa shape index (κ3) is 2.11. The summed E-state index contributed by atoms with van der Waals surface area (Å²) in [7, 11) is 0. The quantitative estimate of drug-likeness (QED) is 0.698. The number of hydrogen-bond acceptors (Lipinski definition) is 3. The molecule has 2 N–H and O–H groups in total. The molecular weight excluding hydrogens is 174 g/mol. The van der Waals surface area contributed by atoms with Gasteiger partial charge in [-0.3, -0.25) is 4.98 Å². The lowest BCUT2D eigenvalue weighted by atomic mass is 9.99. The fraction of sp³-hybridized carbons (Fsp3) is 0.545. The monoisotopic (exact) mass is 191 g/mol. The van der Waals surface area contributed by atoms with Crippen LogP contribution in [-0.4, -0.2) is 23.6 Å². The lowest BCUT2D eigenvalue weighted by molar-refractivity contribution is 0.261. The van der Waals surface area contributed by atoms with Gasteiger partial charge in [0, 0.05) is 24.8 Å². The summed E-state index contributed by atoms with van der Waals surface area (Å²) in [4.78, 5) is 4.37. The molecule has 1 aromatic rings. The van der Waals surface area contributed by atoms with E-state index >= 15 is 0 Å². The minimum Gasteiger partial charge on any atom is -0.313 e. The summed E-state index contributed by atoms with van der Waals surface area (Å²) in [5, 5.41) is 7.01. The highest BCUT2D eigenvalue weighted by Gasteiger charge is 2.27. The zero-order valence-corrected chi connectivity index (χ0v) is 8.75. The van der Waals surface area contributed by atoms with E-state index in [-0.39, 0.29) is 5.54 Å². The number of nitrogens with one attached hydrogen (secondary N) is 2. The highest BCUT2D eigenvalue weighted by atomic mass is 15.1. The SMILES string of the molecule is CC1(C)CNCC(c2ccccn2)N1. The molecule has 14 heavy (non-hydrogen) atoms. The van der Waals surface area contributed by atoms with Gasteiger partial charge < -0.3 is 10.6 Å². The second kappa shape index (κ2) is 3.67. The summed E-state index contributed by atoms with van der Waals surface area (Å²) in [5.74, 6) is 0. The molecule has 0 spiro atoms. The normalized spacial score (nSPS) is 26.0. The van der Waals surface area contributed by atoms with Crippen LogP contribution in [0, 0.1) is 0 Å². The van der Waals surface area contributed by atoms with Crippen molar-refractivity contribution >= 4 is 0 Å². The molecule has 2 heterocycles. The topological polar surface area (TPSA) is 37.0 Å². The molecule has 0 aromatic carbocycles. The Morgan fingerprint density at radius 3 is 2.93 bits per heavy atom. The van der Waals surface area contributed by atoms with E-state index in [0.717, 1.165) is 18.8 Å². The van der Waals surface area contributed by atoms with Gasteiger partial charge in [0.05, 0.1) is 11.7 Å². The van der Waals surface area contributed by atoms with Crippen LogP contribution >= 0.6 is 0 Å². The van der Waals surface area contributed by atoms with Gasteiger partial charge in [0.15, 0.2) is 0 Å². The maximum Gasteiger partial charge on any atom is 0.0626 e. The van der Waals surface area contributed by atoms with E-state index in [1.807, 2.05) is 18.3 Å². The highest BCUT2D eigenvalue weighted by molar-refractivity contribution is 5.11. The third-order valence-electron chi connectivity index (χ3n) is 2.53. The van der Waals surface area contributed by atoms with E-state index in [1.54, 1.807) is 0 Å². The number of rotatable bonds is 1. The fourth-order valence-corrected chi connectivity index (χ4v) is 1.86. The molecule has 0 saturated carbocycles. The number of hydrogen-bond donors (Lipinski definition) is 2. The third-order valence-corrected chi connectivity index (χ3v) is 2.53. The molecule has 1 saturated heterocycles. The van der Waals surface area contributed by atoms with Gasteiger partial charge in [-0.1, -0.05) is 6.07 Å². The maximum absolute atomic E-state index is 4.37. The Bertz CT molecular complexity index is 295. The van der Waals surface area contributed by atoms with Gasteiger partial charge in [0.2, 0.25) is 0 Å². The van der Waals surface area contributed by atoms with Crippen LogP contribution in [0.3, 0.4) is 0 Å². The van der Waals surface area contributed by atoms with Crippen LogP contribution < -0.4 is 10.6 Å². The van der Waals surface area contributed by atoms with Gasteiger partial charge in [-0.2, -0.15) is 0 Å². The van der Waals surface area contributed by atoms with Crippen molar-refractivity contribution in [3.8, 4) is 0 Å². The Kier molecular flexibility index (Phi) is 2.52. The summed E-state index contributed by atoms with van der Waals surface area (Å²) >= 11 is 0. The predicted octanol–water partition coefficient (Wildman–Crippen LogP) is 1.09. The van der Waals surface area contributed by atoms with Crippen LogP contribution in [-0.2, 0) is 0 Å². The average Bonchev–Trinajstić information content (AvgIpc) is 2.18. The highest BCUT2D eigenvalue weighted by Crippen LogP contribution is 2.17. The van der Waals surface area contributed by atoms with E-state index in [0.29, 0.717) is 6.04 Å². The van der Waals surface area contributed by atoms with Crippen molar-refractivity contribution in [2.75, 3.05) is 13.1 Å². The Labute approximate surface area is 84.9 Å². The first-order chi connectivity index (χ1) is 6.67. The zero-order valence-electron chi connectivity index (χ0n) is 8.75. The zero-order chi connectivity index (χ0) is 10.0. The van der Waals surface area contributed by atoms with E-state index in [9.17, 15) is 0 Å². The van der Waals surface area contributed by atoms with Crippen molar-refractivity contribution in [2.45, 2.75) is 25.4 Å². The number of piperazine rings is 1. The van der Waals surface area contributed by atoms with Crippen LogP contribution in [0.1, 0.15) is 25.6 Å². The summed E-state index contributed by atoms with van der Waals surface area (Å²) in [6, 6.07) is 6.39. The smallest absolute Gasteiger partial charge is 0.0626 e. The molecule has 1 aliphatic heterocycles. The van der Waals surface area contributed by atoms with Crippen molar-refractivity contribution in [1.29, 1.82) is 0 Å². The van der Waals surface area contributed by atoms with Gasteiger partial charge in [-0.05, 0) is 26.0 Å². The second-order valence-electron chi connectivity index (χ2n) is 4.47. The standard InChI is InChI=1S/C11H17N3/c1-11(2)8-12-7-10(14-11)9-5-3-4-6-13-9/h3-6,10,12,14H,7-8H2,1-2H3. The van der Waals surface area contributed by atoms with Gasteiger partial charge in [-0.15, -0.1) is 0 Å². The van der Waals surface area contributed by atoms with E-state index in [1.165, 1.54) is 0 Å². The molecule has 76 valence electrons. The minimum absolute atomic E-state index is 0.153. The van der Waals surface area contributed by atoms with Crippen LogP contribution in [0.25, 0.3) is 0 Å². The van der Waals surface area contributed by atoms with E-state index in [4.69, 9.17) is 0 Å². The second-order valence-corrected chi connectivity index (χ2v) is 4.47. The minimum atomic E-state index is 0.153. The van der Waals surface area contributed by atoms with Crippen LogP contribution in [0.5, 0.6) is 0 Å². The molecule has 1 fully saturated rings. The molecule has 3 heteroatoms. The van der Waals surface area contributed by atoms with E-state index < -0.39 is 0 Å². The van der Waals surface area contributed by atoms with Crippen molar-refractivity contribution in [1.82, 2.24) is 15.6 Å². The van der Waals surface area contributed by atoms with Gasteiger partial charge in [-0.25, -0.2) is 0 Å². The number of pyridine rings is 1. The lowest BCUT2D eigenvalue weighted by Gasteiger charge is -2.37. The molecular formula is C11H17N3. The fourth-order valence-electron chi connectivity index (χ4n) is 1.86. The van der Waals surface area contributed by atoms with Crippen molar-refractivity contribution in [3.05, 3.63) is 30.1 Å². The molecule has 2 rings (SSSR count). The summed E-state index contributed by atoms with van der Waals surface area (Å²) in [6.07, 6.45) is 1.85.